The fourth-order valence-electron chi connectivity index (χ4n) is 1.64. The third-order valence-corrected chi connectivity index (χ3v) is 2.36. The van der Waals surface area contributed by atoms with Crippen molar-refractivity contribution in [2.75, 3.05) is 5.73 Å². The number of hydrogen-bond acceptors (Lipinski definition) is 4. The second-order valence-electron chi connectivity index (χ2n) is 3.46. The summed E-state index contributed by atoms with van der Waals surface area (Å²) >= 11 is 0. The van der Waals surface area contributed by atoms with E-state index in [1.54, 1.807) is 0 Å². The van der Waals surface area contributed by atoms with E-state index in [9.17, 15) is 0 Å². The molecule has 0 saturated carbocycles. The van der Waals surface area contributed by atoms with Crippen molar-refractivity contribution in [1.29, 1.82) is 0 Å². The molecule has 88 valence electrons. The Labute approximate surface area is 105 Å². The van der Waals surface area contributed by atoms with Crippen LogP contribution in [0.2, 0.25) is 0 Å². The molecule has 0 aliphatic carbocycles. The maximum Gasteiger partial charge on any atom is 0.0915 e. The standard InChI is InChI=1S/C12H9N3.ClH.H3N/c13-8-5-6-11-12(7-8)15-10-4-2-1-3-9(10)14-11;;/h1-7H,13H2;1H;1H3. The highest BCUT2D eigenvalue weighted by molar-refractivity contribution is 5.87. The summed E-state index contributed by atoms with van der Waals surface area (Å²) in [6.45, 7) is 0. The van der Waals surface area contributed by atoms with Crippen LogP contribution in [0.25, 0.3) is 22.1 Å². The Hall–Kier alpha value is -1.91. The number of fused-ring (bicyclic) bond motifs is 2. The lowest BCUT2D eigenvalue weighted by molar-refractivity contribution is 1.39. The van der Waals surface area contributed by atoms with E-state index < -0.39 is 0 Å². The average molecular weight is 249 g/mol. The molecular weight excluding hydrogens is 236 g/mol. The molecule has 0 amide bonds. The van der Waals surface area contributed by atoms with Crippen LogP contribution in [0.15, 0.2) is 42.5 Å². The van der Waals surface area contributed by atoms with Crippen LogP contribution in [-0.2, 0) is 0 Å². The van der Waals surface area contributed by atoms with Crippen LogP contribution in [0.5, 0.6) is 0 Å². The van der Waals surface area contributed by atoms with Crippen molar-refractivity contribution in [1.82, 2.24) is 16.1 Å². The van der Waals surface area contributed by atoms with Gasteiger partial charge in [0.15, 0.2) is 0 Å². The SMILES string of the molecule is Cl.N.Nc1ccc2nc3ccccc3nc2c1. The number of hydrogen-bond donors (Lipinski definition) is 2. The van der Waals surface area contributed by atoms with Gasteiger partial charge in [-0.15, -0.1) is 12.4 Å². The predicted octanol–water partition coefficient (Wildman–Crippen LogP) is 2.95. The number of anilines is 1. The number of benzene rings is 2. The molecule has 0 unspecified atom stereocenters. The van der Waals surface area contributed by atoms with E-state index in [1.807, 2.05) is 42.5 Å². The first kappa shape index (κ1) is 13.2. The molecule has 0 saturated heterocycles. The molecule has 1 heterocycles. The van der Waals surface area contributed by atoms with Crippen molar-refractivity contribution in [3.63, 3.8) is 0 Å². The maximum absolute atomic E-state index is 5.70. The minimum Gasteiger partial charge on any atom is -0.399 e. The highest BCUT2D eigenvalue weighted by Gasteiger charge is 2.00. The number of halogens is 1. The van der Waals surface area contributed by atoms with Gasteiger partial charge < -0.3 is 11.9 Å². The van der Waals surface area contributed by atoms with Crippen molar-refractivity contribution < 1.29 is 0 Å². The predicted molar refractivity (Wildman–Crippen MR) is 73.7 cm³/mol. The van der Waals surface area contributed by atoms with Crippen molar-refractivity contribution in [3.8, 4) is 0 Å². The summed E-state index contributed by atoms with van der Waals surface area (Å²) in [5, 5.41) is 0. The zero-order valence-corrected chi connectivity index (χ0v) is 9.95. The van der Waals surface area contributed by atoms with Crippen molar-refractivity contribution >= 4 is 40.2 Å². The first-order chi connectivity index (χ1) is 7.33. The Balaban J connectivity index is 0.000000722. The van der Waals surface area contributed by atoms with E-state index in [1.165, 1.54) is 0 Å². The minimum atomic E-state index is 0. The van der Waals surface area contributed by atoms with Gasteiger partial charge in [-0.05, 0) is 30.3 Å². The quantitative estimate of drug-likeness (QED) is 0.473. The summed E-state index contributed by atoms with van der Waals surface area (Å²) in [6.07, 6.45) is 0. The molecule has 0 bridgehead atoms. The third kappa shape index (κ3) is 2.27. The van der Waals surface area contributed by atoms with E-state index in [2.05, 4.69) is 9.97 Å². The maximum atomic E-state index is 5.70. The summed E-state index contributed by atoms with van der Waals surface area (Å²) < 4.78 is 0. The Bertz CT molecular complexity index is 654. The number of rotatable bonds is 0. The molecule has 0 atom stereocenters. The van der Waals surface area contributed by atoms with E-state index >= 15 is 0 Å². The number of nitrogen functional groups attached to an aromatic ring is 1. The van der Waals surface area contributed by atoms with Crippen LogP contribution < -0.4 is 11.9 Å². The summed E-state index contributed by atoms with van der Waals surface area (Å²) in [4.78, 5) is 9.00. The normalized spacial score (nSPS) is 9.65. The van der Waals surface area contributed by atoms with E-state index in [0.29, 0.717) is 5.69 Å². The van der Waals surface area contributed by atoms with Gasteiger partial charge in [0.25, 0.3) is 0 Å². The lowest BCUT2D eigenvalue weighted by Crippen LogP contribution is -1.89. The lowest BCUT2D eigenvalue weighted by Gasteiger charge is -2.00. The van der Waals surface area contributed by atoms with E-state index in [0.717, 1.165) is 22.1 Å². The molecule has 0 aliphatic heterocycles. The smallest absolute Gasteiger partial charge is 0.0915 e. The highest BCUT2D eigenvalue weighted by atomic mass is 35.5. The van der Waals surface area contributed by atoms with Gasteiger partial charge in [-0.25, -0.2) is 9.97 Å². The molecule has 5 N–H and O–H groups in total. The van der Waals surface area contributed by atoms with Crippen LogP contribution >= 0.6 is 12.4 Å². The summed E-state index contributed by atoms with van der Waals surface area (Å²) in [6, 6.07) is 13.4. The Kier molecular flexibility index (Phi) is 3.83. The third-order valence-electron chi connectivity index (χ3n) is 2.36. The molecule has 5 heteroatoms. The van der Waals surface area contributed by atoms with E-state index in [-0.39, 0.29) is 18.6 Å². The molecule has 3 aromatic rings. The zero-order chi connectivity index (χ0) is 10.3. The number of aromatic nitrogens is 2. The van der Waals surface area contributed by atoms with Gasteiger partial charge in [0.2, 0.25) is 0 Å². The zero-order valence-electron chi connectivity index (χ0n) is 9.13. The van der Waals surface area contributed by atoms with Crippen molar-refractivity contribution in [2.45, 2.75) is 0 Å². The van der Waals surface area contributed by atoms with Crippen LogP contribution in [0.1, 0.15) is 0 Å². The van der Waals surface area contributed by atoms with E-state index in [4.69, 9.17) is 5.73 Å². The molecule has 0 radical (unpaired) electrons. The Morgan fingerprint density at radius 1 is 0.765 bits per heavy atom. The highest BCUT2D eigenvalue weighted by Crippen LogP contribution is 2.17. The van der Waals surface area contributed by atoms with Gasteiger partial charge in [0, 0.05) is 5.69 Å². The van der Waals surface area contributed by atoms with Crippen molar-refractivity contribution in [2.24, 2.45) is 0 Å². The van der Waals surface area contributed by atoms with Crippen LogP contribution in [-0.4, -0.2) is 9.97 Å². The monoisotopic (exact) mass is 248 g/mol. The second-order valence-corrected chi connectivity index (χ2v) is 3.46. The summed E-state index contributed by atoms with van der Waals surface area (Å²) in [5.74, 6) is 0. The first-order valence-electron chi connectivity index (χ1n) is 4.75. The van der Waals surface area contributed by atoms with Gasteiger partial charge in [0.1, 0.15) is 0 Å². The van der Waals surface area contributed by atoms with Crippen LogP contribution in [0.3, 0.4) is 0 Å². The molecule has 4 nitrogen and oxygen atoms in total. The molecule has 3 rings (SSSR count). The molecule has 2 aromatic carbocycles. The average Bonchev–Trinajstić information content (AvgIpc) is 2.26. The molecular formula is C12H13ClN4. The number of para-hydroxylation sites is 2. The number of nitrogens with zero attached hydrogens (tertiary/aromatic N) is 2. The fraction of sp³-hybridized carbons (Fsp3) is 0. The molecule has 1 aromatic heterocycles. The van der Waals surface area contributed by atoms with Gasteiger partial charge in [-0.1, -0.05) is 12.1 Å². The van der Waals surface area contributed by atoms with Gasteiger partial charge in [0.05, 0.1) is 22.1 Å². The molecule has 17 heavy (non-hydrogen) atoms. The molecule has 0 spiro atoms. The van der Waals surface area contributed by atoms with Crippen molar-refractivity contribution in [3.05, 3.63) is 42.5 Å². The minimum absolute atomic E-state index is 0. The Morgan fingerprint density at radius 2 is 1.29 bits per heavy atom. The van der Waals surface area contributed by atoms with Gasteiger partial charge in [-0.2, -0.15) is 0 Å². The topological polar surface area (TPSA) is 86.8 Å². The lowest BCUT2D eigenvalue weighted by atomic mass is 10.2. The number of nitrogens with two attached hydrogens (primary N) is 1. The van der Waals surface area contributed by atoms with Crippen LogP contribution in [0.4, 0.5) is 5.69 Å². The molecule has 0 fully saturated rings. The van der Waals surface area contributed by atoms with Gasteiger partial charge in [-0.3, -0.25) is 0 Å². The largest absolute Gasteiger partial charge is 0.399 e. The summed E-state index contributed by atoms with van der Waals surface area (Å²) in [7, 11) is 0. The second kappa shape index (κ2) is 4.95. The Morgan fingerprint density at radius 3 is 1.94 bits per heavy atom. The van der Waals surface area contributed by atoms with Crippen LogP contribution in [0, 0.1) is 0 Å². The van der Waals surface area contributed by atoms with Gasteiger partial charge >= 0.3 is 0 Å². The molecule has 0 aliphatic rings. The fourth-order valence-corrected chi connectivity index (χ4v) is 1.64. The summed E-state index contributed by atoms with van der Waals surface area (Å²) in [5.41, 5.74) is 9.94. The first-order valence-corrected chi connectivity index (χ1v) is 4.75.